The highest BCUT2D eigenvalue weighted by molar-refractivity contribution is 7.87. The van der Waals surface area contributed by atoms with E-state index in [1.54, 1.807) is 0 Å². The quantitative estimate of drug-likeness (QED) is 0.265. The highest BCUT2D eigenvalue weighted by atomic mass is 32.2. The number of rotatable bonds is 8. The predicted octanol–water partition coefficient (Wildman–Crippen LogP) is -2.89. The topological polar surface area (TPSA) is 195 Å². The molecule has 0 aliphatic rings. The summed E-state index contributed by atoms with van der Waals surface area (Å²) in [5, 5.41) is -3.93. The number of carbonyl (C=O) groups is 2. The van der Waals surface area contributed by atoms with Crippen molar-refractivity contribution < 1.29 is 35.5 Å². The van der Waals surface area contributed by atoms with Gasteiger partial charge in [0.25, 0.3) is 20.2 Å². The third kappa shape index (κ3) is 5.44. The molecule has 0 saturated heterocycles. The van der Waals surface area contributed by atoms with Crippen LogP contribution < -0.4 is 11.5 Å². The van der Waals surface area contributed by atoms with Gasteiger partial charge in [-0.3, -0.25) is 18.7 Å². The third-order valence-corrected chi connectivity index (χ3v) is 4.48. The summed E-state index contributed by atoms with van der Waals surface area (Å²) >= 11 is 0. The monoisotopic (exact) mass is 330 g/mol. The fourth-order valence-electron chi connectivity index (χ4n) is 1.15. The fraction of sp³-hybridized carbons (Fsp3) is 0.500. The predicted molar refractivity (Wildman–Crippen MR) is 67.9 cm³/mol. The van der Waals surface area contributed by atoms with Gasteiger partial charge < -0.3 is 11.5 Å². The van der Waals surface area contributed by atoms with Crippen LogP contribution in [-0.2, 0) is 29.8 Å². The van der Waals surface area contributed by atoms with Crippen molar-refractivity contribution in [3.8, 4) is 0 Å². The van der Waals surface area contributed by atoms with E-state index in [4.69, 9.17) is 20.6 Å². The van der Waals surface area contributed by atoms with Gasteiger partial charge in [0.05, 0.1) is 0 Å². The summed E-state index contributed by atoms with van der Waals surface area (Å²) in [5.41, 5.74) is 9.97. The summed E-state index contributed by atoms with van der Waals surface area (Å²) in [6.07, 6.45) is 0.892. The largest absolute Gasteiger partial charge is 0.329 e. The second kappa shape index (κ2) is 7.01. The highest BCUT2D eigenvalue weighted by Gasteiger charge is 2.30. The van der Waals surface area contributed by atoms with Gasteiger partial charge in [-0.1, -0.05) is 0 Å². The van der Waals surface area contributed by atoms with Gasteiger partial charge in [-0.2, -0.15) is 16.8 Å². The summed E-state index contributed by atoms with van der Waals surface area (Å²) in [7, 11) is -9.49. The van der Waals surface area contributed by atoms with E-state index < -0.39 is 55.4 Å². The van der Waals surface area contributed by atoms with E-state index in [9.17, 15) is 26.4 Å². The average Bonchev–Trinajstić information content (AvgIpc) is 2.24. The number of nitrogens with two attached hydrogens (primary N) is 2. The first kappa shape index (κ1) is 18.8. The number of hydrogen-bond donors (Lipinski definition) is 4. The van der Waals surface area contributed by atoms with E-state index in [0.29, 0.717) is 12.2 Å². The van der Waals surface area contributed by atoms with Gasteiger partial charge >= 0.3 is 0 Å². The number of carbonyl (C=O) groups excluding carboxylic acids is 2. The van der Waals surface area contributed by atoms with Crippen molar-refractivity contribution in [1.29, 1.82) is 0 Å². The van der Waals surface area contributed by atoms with Crippen molar-refractivity contribution in [1.82, 2.24) is 0 Å². The Morgan fingerprint density at radius 3 is 1.25 bits per heavy atom. The van der Waals surface area contributed by atoms with E-state index in [-0.39, 0.29) is 0 Å². The van der Waals surface area contributed by atoms with Gasteiger partial charge in [0.1, 0.15) is 0 Å². The first-order chi connectivity index (χ1) is 8.95. The lowest BCUT2D eigenvalue weighted by Gasteiger charge is -2.08. The standard InChI is InChI=1S/C8H14N2O8S2/c9-3-7(19(13,14)15)5(11)1-2-6(12)8(4-10)20(16,17)18/h1-2,7-8H,3-4,9-10H2,(H,13,14,15)(H,16,17,18)/b2-1-. The Morgan fingerprint density at radius 2 is 1.10 bits per heavy atom. The van der Waals surface area contributed by atoms with Crippen LogP contribution in [0.2, 0.25) is 0 Å². The molecule has 0 rings (SSSR count). The molecule has 0 bridgehead atoms. The smallest absolute Gasteiger partial charge is 0.276 e. The van der Waals surface area contributed by atoms with Gasteiger partial charge in [-0.25, -0.2) is 0 Å². The van der Waals surface area contributed by atoms with E-state index in [1.807, 2.05) is 0 Å². The molecular formula is C8H14N2O8S2. The SMILES string of the molecule is NCC(C(=O)/C=C\C(=O)C(CN)S(=O)(=O)O)S(=O)(=O)O. The normalized spacial score (nSPS) is 16.0. The zero-order valence-corrected chi connectivity index (χ0v) is 11.7. The molecule has 0 fully saturated rings. The summed E-state index contributed by atoms with van der Waals surface area (Å²) < 4.78 is 60.5. The van der Waals surface area contributed by atoms with Gasteiger partial charge in [-0.15, -0.1) is 0 Å². The summed E-state index contributed by atoms with van der Waals surface area (Å²) in [5.74, 6) is -2.43. The maximum Gasteiger partial charge on any atom is 0.276 e. The van der Waals surface area contributed by atoms with Crippen LogP contribution >= 0.6 is 0 Å². The Hall–Kier alpha value is -1.18. The molecule has 6 N–H and O–H groups in total. The van der Waals surface area contributed by atoms with Crippen LogP contribution in [0.25, 0.3) is 0 Å². The molecule has 0 aromatic heterocycles. The average molecular weight is 330 g/mol. The first-order valence-electron chi connectivity index (χ1n) is 5.03. The number of ketones is 2. The Kier molecular flexibility index (Phi) is 6.60. The van der Waals surface area contributed by atoms with Crippen molar-refractivity contribution in [3.05, 3.63) is 12.2 Å². The third-order valence-electron chi connectivity index (χ3n) is 2.19. The molecule has 0 aromatic carbocycles. The lowest BCUT2D eigenvalue weighted by Crippen LogP contribution is -2.37. The molecule has 10 nitrogen and oxygen atoms in total. The Morgan fingerprint density at radius 1 is 0.850 bits per heavy atom. The van der Waals surface area contributed by atoms with Crippen LogP contribution in [0.5, 0.6) is 0 Å². The summed E-state index contributed by atoms with van der Waals surface area (Å²) in [6.45, 7) is -1.45. The molecule has 0 aliphatic heterocycles. The maximum atomic E-state index is 11.4. The van der Waals surface area contributed by atoms with Crippen molar-refractivity contribution >= 4 is 31.8 Å². The maximum absolute atomic E-state index is 11.4. The van der Waals surface area contributed by atoms with Gasteiger partial charge in [0, 0.05) is 13.1 Å². The minimum atomic E-state index is -4.75. The molecule has 2 atom stereocenters. The second-order valence-corrected chi connectivity index (χ2v) is 6.81. The van der Waals surface area contributed by atoms with E-state index >= 15 is 0 Å². The van der Waals surface area contributed by atoms with Crippen LogP contribution in [0.15, 0.2) is 12.2 Å². The second-order valence-electron chi connectivity index (χ2n) is 3.62. The van der Waals surface area contributed by atoms with Crippen LogP contribution in [0.4, 0.5) is 0 Å². The molecule has 0 heterocycles. The Labute approximate surface area is 115 Å². The van der Waals surface area contributed by atoms with Crippen LogP contribution in [0, 0.1) is 0 Å². The van der Waals surface area contributed by atoms with Gasteiger partial charge in [-0.05, 0) is 12.2 Å². The lowest BCUT2D eigenvalue weighted by atomic mass is 10.2. The molecule has 12 heteroatoms. The minimum absolute atomic E-state index is 0.446. The lowest BCUT2D eigenvalue weighted by molar-refractivity contribution is -0.116. The molecule has 0 aliphatic carbocycles. The zero-order chi connectivity index (χ0) is 16.1. The number of hydrogen-bond acceptors (Lipinski definition) is 8. The molecular weight excluding hydrogens is 316 g/mol. The van der Waals surface area contributed by atoms with Gasteiger partial charge in [0.15, 0.2) is 22.1 Å². The zero-order valence-electron chi connectivity index (χ0n) is 10.0. The molecule has 116 valence electrons. The number of allylic oxidation sites excluding steroid dienone is 2. The summed E-state index contributed by atoms with van der Waals surface area (Å²) in [4.78, 5) is 22.8. The van der Waals surface area contributed by atoms with Crippen molar-refractivity contribution in [2.24, 2.45) is 11.5 Å². The molecule has 0 saturated carbocycles. The summed E-state index contributed by atoms with van der Waals surface area (Å²) in [6, 6.07) is 0. The first-order valence-corrected chi connectivity index (χ1v) is 8.04. The van der Waals surface area contributed by atoms with Crippen LogP contribution in [0.3, 0.4) is 0 Å². The van der Waals surface area contributed by atoms with Crippen molar-refractivity contribution in [3.63, 3.8) is 0 Å². The molecule has 20 heavy (non-hydrogen) atoms. The molecule has 2 unspecified atom stereocenters. The van der Waals surface area contributed by atoms with Crippen LogP contribution in [0.1, 0.15) is 0 Å². The van der Waals surface area contributed by atoms with E-state index in [1.165, 1.54) is 0 Å². The van der Waals surface area contributed by atoms with Crippen molar-refractivity contribution in [2.75, 3.05) is 13.1 Å². The molecule has 0 amide bonds. The Balaban J connectivity index is 5.14. The highest BCUT2D eigenvalue weighted by Crippen LogP contribution is 2.03. The molecule has 0 spiro atoms. The van der Waals surface area contributed by atoms with E-state index in [0.717, 1.165) is 0 Å². The van der Waals surface area contributed by atoms with Gasteiger partial charge in [0.2, 0.25) is 0 Å². The molecule has 0 aromatic rings. The fourth-order valence-corrected chi connectivity index (χ4v) is 2.38. The minimum Gasteiger partial charge on any atom is -0.329 e. The Bertz CT molecular complexity index is 552. The molecule has 0 radical (unpaired) electrons. The van der Waals surface area contributed by atoms with E-state index in [2.05, 4.69) is 0 Å². The van der Waals surface area contributed by atoms with Crippen LogP contribution in [-0.4, -0.2) is 61.1 Å². The van der Waals surface area contributed by atoms with Crippen molar-refractivity contribution in [2.45, 2.75) is 10.5 Å².